The van der Waals surface area contributed by atoms with Crippen LogP contribution in [0.2, 0.25) is 5.02 Å². The first kappa shape index (κ1) is 20.9. The van der Waals surface area contributed by atoms with Crippen molar-refractivity contribution in [3.63, 3.8) is 0 Å². The summed E-state index contributed by atoms with van der Waals surface area (Å²) in [6.45, 7) is 6.10. The highest BCUT2D eigenvalue weighted by molar-refractivity contribution is 6.30. The zero-order valence-corrected chi connectivity index (χ0v) is 18.4. The van der Waals surface area contributed by atoms with Gasteiger partial charge in [-0.1, -0.05) is 29.8 Å². The van der Waals surface area contributed by atoms with E-state index in [1.165, 1.54) is 0 Å². The molecule has 5 nitrogen and oxygen atoms in total. The number of ether oxygens (including phenoxy) is 1. The zero-order chi connectivity index (χ0) is 22.1. The third kappa shape index (κ3) is 4.42. The van der Waals surface area contributed by atoms with E-state index in [1.54, 1.807) is 48.2 Å². The number of hydrogen-bond acceptors (Lipinski definition) is 3. The SMILES string of the molecule is Cc1ccc(C(=O)Nc2ccc3c(c2)N(Cc2ccc(Cl)cc2)C(=O)C(C)O3)cc1C. The van der Waals surface area contributed by atoms with Crippen LogP contribution in [0.4, 0.5) is 11.4 Å². The fourth-order valence-electron chi connectivity index (χ4n) is 3.51. The zero-order valence-electron chi connectivity index (χ0n) is 17.6. The highest BCUT2D eigenvalue weighted by Crippen LogP contribution is 2.37. The minimum absolute atomic E-state index is 0.139. The second-order valence-corrected chi connectivity index (χ2v) is 8.18. The van der Waals surface area contributed by atoms with Crippen LogP contribution in [0.25, 0.3) is 0 Å². The Hall–Kier alpha value is -3.31. The first-order valence-electron chi connectivity index (χ1n) is 10.1. The van der Waals surface area contributed by atoms with Crippen LogP contribution >= 0.6 is 11.6 Å². The van der Waals surface area contributed by atoms with Crippen molar-refractivity contribution in [2.24, 2.45) is 0 Å². The summed E-state index contributed by atoms with van der Waals surface area (Å²) in [5.41, 5.74) is 4.93. The molecule has 0 aromatic heterocycles. The lowest BCUT2D eigenvalue weighted by molar-refractivity contribution is -0.125. The average Bonchev–Trinajstić information content (AvgIpc) is 2.75. The van der Waals surface area contributed by atoms with Crippen LogP contribution in [0.15, 0.2) is 60.7 Å². The van der Waals surface area contributed by atoms with E-state index < -0.39 is 6.10 Å². The molecule has 0 spiro atoms. The Bertz CT molecular complexity index is 1160. The third-order valence-corrected chi connectivity index (χ3v) is 5.70. The van der Waals surface area contributed by atoms with Crippen molar-refractivity contribution in [2.45, 2.75) is 33.4 Å². The van der Waals surface area contributed by atoms with Gasteiger partial charge in [-0.05, 0) is 79.9 Å². The van der Waals surface area contributed by atoms with Crippen LogP contribution < -0.4 is 15.0 Å². The average molecular weight is 435 g/mol. The molecule has 0 saturated heterocycles. The van der Waals surface area contributed by atoms with E-state index in [0.717, 1.165) is 16.7 Å². The lowest BCUT2D eigenvalue weighted by Gasteiger charge is -2.33. The third-order valence-electron chi connectivity index (χ3n) is 5.45. The number of benzene rings is 3. The number of fused-ring (bicyclic) bond motifs is 1. The van der Waals surface area contributed by atoms with Crippen LogP contribution in [0.1, 0.15) is 34.0 Å². The normalized spacial score (nSPS) is 15.3. The maximum Gasteiger partial charge on any atom is 0.268 e. The Kier molecular flexibility index (Phi) is 5.70. The molecule has 2 amide bonds. The van der Waals surface area contributed by atoms with Crippen LogP contribution in [0.5, 0.6) is 5.75 Å². The number of rotatable bonds is 4. The Labute approximate surface area is 186 Å². The number of nitrogens with one attached hydrogen (secondary N) is 1. The molecule has 3 aromatic carbocycles. The summed E-state index contributed by atoms with van der Waals surface area (Å²) < 4.78 is 5.78. The smallest absolute Gasteiger partial charge is 0.268 e. The molecule has 0 radical (unpaired) electrons. The molecule has 1 aliphatic rings. The van der Waals surface area contributed by atoms with Crippen LogP contribution in [0.3, 0.4) is 0 Å². The molecule has 1 heterocycles. The van der Waals surface area contributed by atoms with Gasteiger partial charge in [0.05, 0.1) is 12.2 Å². The largest absolute Gasteiger partial charge is 0.479 e. The maximum atomic E-state index is 12.9. The van der Waals surface area contributed by atoms with Crippen LogP contribution in [0, 0.1) is 13.8 Å². The van der Waals surface area contributed by atoms with Gasteiger partial charge in [0.15, 0.2) is 6.10 Å². The maximum absolute atomic E-state index is 12.9. The van der Waals surface area contributed by atoms with E-state index in [9.17, 15) is 9.59 Å². The molecular weight excluding hydrogens is 412 g/mol. The van der Waals surface area contributed by atoms with Gasteiger partial charge in [0, 0.05) is 16.3 Å². The molecule has 0 aliphatic carbocycles. The van der Waals surface area contributed by atoms with Crippen molar-refractivity contribution in [3.8, 4) is 5.75 Å². The number of hydrogen-bond donors (Lipinski definition) is 1. The monoisotopic (exact) mass is 434 g/mol. The topological polar surface area (TPSA) is 58.6 Å². The van der Waals surface area contributed by atoms with Crippen LogP contribution in [-0.4, -0.2) is 17.9 Å². The van der Waals surface area contributed by atoms with E-state index in [0.29, 0.717) is 34.3 Å². The molecule has 6 heteroatoms. The Morgan fingerprint density at radius 1 is 1.03 bits per heavy atom. The molecule has 158 valence electrons. The lowest BCUT2D eigenvalue weighted by Crippen LogP contribution is -2.44. The minimum Gasteiger partial charge on any atom is -0.479 e. The number of nitrogens with zero attached hydrogens (tertiary/aromatic N) is 1. The molecule has 0 saturated carbocycles. The predicted octanol–water partition coefficient (Wildman–Crippen LogP) is 5.52. The van der Waals surface area contributed by atoms with E-state index in [-0.39, 0.29) is 11.8 Å². The molecule has 1 aliphatic heterocycles. The van der Waals surface area contributed by atoms with Gasteiger partial charge in [-0.25, -0.2) is 0 Å². The van der Waals surface area contributed by atoms with Crippen molar-refractivity contribution >= 4 is 34.8 Å². The fraction of sp³-hybridized carbons (Fsp3) is 0.200. The summed E-state index contributed by atoms with van der Waals surface area (Å²) >= 11 is 5.98. The van der Waals surface area contributed by atoms with Crippen molar-refractivity contribution in [1.82, 2.24) is 0 Å². The molecule has 1 atom stereocenters. The standard InChI is InChI=1S/C25H23ClN2O3/c1-15-4-7-19(12-16(15)2)24(29)27-21-10-11-23-22(13-21)28(25(30)17(3)31-23)14-18-5-8-20(26)9-6-18/h4-13,17H,14H2,1-3H3,(H,27,29). The molecule has 3 aromatic rings. The molecule has 4 rings (SSSR count). The van der Waals surface area contributed by atoms with Gasteiger partial charge >= 0.3 is 0 Å². The van der Waals surface area contributed by atoms with Crippen molar-refractivity contribution in [1.29, 1.82) is 0 Å². The predicted molar refractivity (Wildman–Crippen MR) is 123 cm³/mol. The Balaban J connectivity index is 1.62. The number of halogens is 1. The van der Waals surface area contributed by atoms with Gasteiger partial charge in [-0.2, -0.15) is 0 Å². The second kappa shape index (κ2) is 8.44. The summed E-state index contributed by atoms with van der Waals surface area (Å²) in [7, 11) is 0. The highest BCUT2D eigenvalue weighted by atomic mass is 35.5. The molecule has 0 fully saturated rings. The van der Waals surface area contributed by atoms with Crippen molar-refractivity contribution < 1.29 is 14.3 Å². The summed E-state index contributed by atoms with van der Waals surface area (Å²) in [4.78, 5) is 27.3. The van der Waals surface area contributed by atoms with E-state index in [1.807, 2.05) is 38.1 Å². The number of anilines is 2. The van der Waals surface area contributed by atoms with Crippen molar-refractivity contribution in [2.75, 3.05) is 10.2 Å². The first-order chi connectivity index (χ1) is 14.8. The molecule has 1 unspecified atom stereocenters. The summed E-state index contributed by atoms with van der Waals surface area (Å²) in [6, 6.07) is 18.3. The van der Waals surface area contributed by atoms with Gasteiger partial charge in [0.25, 0.3) is 11.8 Å². The van der Waals surface area contributed by atoms with E-state index >= 15 is 0 Å². The van der Waals surface area contributed by atoms with Gasteiger partial charge in [0.1, 0.15) is 5.75 Å². The summed E-state index contributed by atoms with van der Waals surface area (Å²) in [5, 5.41) is 3.56. The van der Waals surface area contributed by atoms with Crippen molar-refractivity contribution in [3.05, 3.63) is 87.9 Å². The second-order valence-electron chi connectivity index (χ2n) is 7.75. The number of carbonyl (C=O) groups excluding carboxylic acids is 2. The Morgan fingerprint density at radius 2 is 1.77 bits per heavy atom. The molecule has 31 heavy (non-hydrogen) atoms. The molecule has 0 bridgehead atoms. The Morgan fingerprint density at radius 3 is 2.48 bits per heavy atom. The summed E-state index contributed by atoms with van der Waals surface area (Å²) in [5.74, 6) is 0.258. The van der Waals surface area contributed by atoms with Gasteiger partial charge in [-0.15, -0.1) is 0 Å². The number of carbonyl (C=O) groups is 2. The van der Waals surface area contributed by atoms with Crippen LogP contribution in [-0.2, 0) is 11.3 Å². The van der Waals surface area contributed by atoms with Gasteiger partial charge in [-0.3, -0.25) is 9.59 Å². The van der Waals surface area contributed by atoms with E-state index in [4.69, 9.17) is 16.3 Å². The van der Waals surface area contributed by atoms with Gasteiger partial charge < -0.3 is 15.0 Å². The highest BCUT2D eigenvalue weighted by Gasteiger charge is 2.32. The lowest BCUT2D eigenvalue weighted by atomic mass is 10.1. The quantitative estimate of drug-likeness (QED) is 0.587. The first-order valence-corrected chi connectivity index (χ1v) is 10.4. The van der Waals surface area contributed by atoms with E-state index in [2.05, 4.69) is 5.32 Å². The summed E-state index contributed by atoms with van der Waals surface area (Å²) in [6.07, 6.45) is -0.587. The molecule has 1 N–H and O–H groups in total. The van der Waals surface area contributed by atoms with Gasteiger partial charge in [0.2, 0.25) is 0 Å². The number of amides is 2. The molecular formula is C25H23ClN2O3. The number of aryl methyl sites for hydroxylation is 2. The minimum atomic E-state index is -0.587. The fourth-order valence-corrected chi connectivity index (χ4v) is 3.63.